The monoisotopic (exact) mass is 275 g/mol. The summed E-state index contributed by atoms with van der Waals surface area (Å²) in [7, 11) is 0. The average Bonchev–Trinajstić information content (AvgIpc) is 2.85. The first kappa shape index (κ1) is 11.5. The van der Waals surface area contributed by atoms with Crippen LogP contribution >= 0.6 is 11.3 Å². The summed E-state index contributed by atoms with van der Waals surface area (Å²) in [5.41, 5.74) is 9.28. The fourth-order valence-electron chi connectivity index (χ4n) is 2.70. The molecule has 20 heavy (non-hydrogen) atoms. The third kappa shape index (κ3) is 1.69. The molecule has 0 aliphatic rings. The predicted octanol–water partition coefficient (Wildman–Crippen LogP) is 5.30. The highest BCUT2D eigenvalue weighted by molar-refractivity contribution is 7.26. The zero-order chi connectivity index (χ0) is 13.5. The number of benzene rings is 3. The van der Waals surface area contributed by atoms with Gasteiger partial charge in [0.15, 0.2) is 0 Å². The van der Waals surface area contributed by atoms with E-state index in [1.165, 1.54) is 31.3 Å². The van der Waals surface area contributed by atoms with Crippen LogP contribution in [0.5, 0.6) is 0 Å². The van der Waals surface area contributed by atoms with Gasteiger partial charge in [-0.15, -0.1) is 11.3 Å². The standard InChI is InChI=1S/C18H13NS/c19-13-9-10-15-17(11-13)20-16-8-4-7-14(18(15)16)12-5-2-1-3-6-12/h1-11H,19H2. The van der Waals surface area contributed by atoms with Crippen molar-refractivity contribution in [2.75, 3.05) is 5.73 Å². The average molecular weight is 275 g/mol. The molecule has 0 saturated heterocycles. The van der Waals surface area contributed by atoms with Crippen LogP contribution in [0.1, 0.15) is 0 Å². The normalized spacial score (nSPS) is 11.2. The molecule has 0 atom stereocenters. The van der Waals surface area contributed by atoms with E-state index in [-0.39, 0.29) is 0 Å². The van der Waals surface area contributed by atoms with E-state index < -0.39 is 0 Å². The Balaban J connectivity index is 2.14. The largest absolute Gasteiger partial charge is 0.399 e. The number of hydrogen-bond acceptors (Lipinski definition) is 2. The maximum Gasteiger partial charge on any atom is 0.0376 e. The first-order valence-electron chi connectivity index (χ1n) is 6.59. The van der Waals surface area contributed by atoms with Crippen molar-refractivity contribution in [2.45, 2.75) is 0 Å². The highest BCUT2D eigenvalue weighted by atomic mass is 32.1. The van der Waals surface area contributed by atoms with Gasteiger partial charge < -0.3 is 5.73 Å². The molecular formula is C18H13NS. The molecule has 0 unspecified atom stereocenters. The van der Waals surface area contributed by atoms with Crippen LogP contribution in [-0.4, -0.2) is 0 Å². The molecule has 0 saturated carbocycles. The van der Waals surface area contributed by atoms with Crippen molar-refractivity contribution in [1.29, 1.82) is 0 Å². The van der Waals surface area contributed by atoms with Crippen molar-refractivity contribution in [3.05, 3.63) is 66.7 Å². The summed E-state index contributed by atoms with van der Waals surface area (Å²) in [6.07, 6.45) is 0. The lowest BCUT2D eigenvalue weighted by atomic mass is 9.99. The van der Waals surface area contributed by atoms with Crippen molar-refractivity contribution in [2.24, 2.45) is 0 Å². The second-order valence-electron chi connectivity index (χ2n) is 4.90. The molecule has 4 aromatic rings. The van der Waals surface area contributed by atoms with Crippen molar-refractivity contribution in [3.8, 4) is 11.1 Å². The van der Waals surface area contributed by atoms with Gasteiger partial charge in [0.1, 0.15) is 0 Å². The molecule has 1 nitrogen and oxygen atoms in total. The molecule has 0 fully saturated rings. The Labute approximate surface area is 121 Å². The minimum Gasteiger partial charge on any atom is -0.399 e. The summed E-state index contributed by atoms with van der Waals surface area (Å²) in [6, 6.07) is 23.2. The van der Waals surface area contributed by atoms with Gasteiger partial charge in [0.25, 0.3) is 0 Å². The van der Waals surface area contributed by atoms with E-state index in [0.717, 1.165) is 5.69 Å². The summed E-state index contributed by atoms with van der Waals surface area (Å²) in [5, 5.41) is 2.62. The van der Waals surface area contributed by atoms with Crippen LogP contribution in [0.3, 0.4) is 0 Å². The van der Waals surface area contributed by atoms with Crippen LogP contribution in [0, 0.1) is 0 Å². The van der Waals surface area contributed by atoms with Gasteiger partial charge in [0.05, 0.1) is 0 Å². The highest BCUT2D eigenvalue weighted by Gasteiger charge is 2.10. The molecule has 0 radical (unpaired) electrons. The molecule has 0 bridgehead atoms. The minimum absolute atomic E-state index is 0.824. The molecule has 2 heteroatoms. The SMILES string of the molecule is Nc1ccc2c(c1)sc1cccc(-c3ccccc3)c12. The third-order valence-electron chi connectivity index (χ3n) is 3.61. The van der Waals surface area contributed by atoms with Crippen molar-refractivity contribution in [3.63, 3.8) is 0 Å². The number of fused-ring (bicyclic) bond motifs is 3. The first-order valence-corrected chi connectivity index (χ1v) is 7.41. The van der Waals surface area contributed by atoms with E-state index >= 15 is 0 Å². The minimum atomic E-state index is 0.824. The molecule has 0 amide bonds. The maximum absolute atomic E-state index is 5.90. The Hall–Kier alpha value is -2.32. The van der Waals surface area contributed by atoms with Gasteiger partial charge in [-0.1, -0.05) is 48.5 Å². The Morgan fingerprint density at radius 2 is 1.60 bits per heavy atom. The quantitative estimate of drug-likeness (QED) is 0.468. The highest BCUT2D eigenvalue weighted by Crippen LogP contribution is 2.40. The van der Waals surface area contributed by atoms with E-state index in [1.807, 2.05) is 6.07 Å². The van der Waals surface area contributed by atoms with Crippen LogP contribution in [0.2, 0.25) is 0 Å². The molecule has 1 heterocycles. The van der Waals surface area contributed by atoms with Crippen molar-refractivity contribution in [1.82, 2.24) is 0 Å². The Morgan fingerprint density at radius 1 is 0.750 bits per heavy atom. The lowest BCUT2D eigenvalue weighted by Gasteiger charge is -2.04. The second-order valence-corrected chi connectivity index (χ2v) is 5.99. The zero-order valence-electron chi connectivity index (χ0n) is 10.8. The number of nitrogens with two attached hydrogens (primary N) is 1. The summed E-state index contributed by atoms with van der Waals surface area (Å²) in [6.45, 7) is 0. The van der Waals surface area contributed by atoms with Crippen LogP contribution in [-0.2, 0) is 0 Å². The molecule has 2 N–H and O–H groups in total. The smallest absolute Gasteiger partial charge is 0.0376 e. The van der Waals surface area contributed by atoms with Crippen LogP contribution in [0.4, 0.5) is 5.69 Å². The van der Waals surface area contributed by atoms with Crippen molar-refractivity contribution < 1.29 is 0 Å². The van der Waals surface area contributed by atoms with Gasteiger partial charge >= 0.3 is 0 Å². The van der Waals surface area contributed by atoms with Gasteiger partial charge in [-0.2, -0.15) is 0 Å². The topological polar surface area (TPSA) is 26.0 Å². The lowest BCUT2D eigenvalue weighted by Crippen LogP contribution is -1.82. The van der Waals surface area contributed by atoms with Crippen LogP contribution in [0.25, 0.3) is 31.3 Å². The van der Waals surface area contributed by atoms with Gasteiger partial charge in [-0.25, -0.2) is 0 Å². The number of rotatable bonds is 1. The fraction of sp³-hybridized carbons (Fsp3) is 0. The van der Waals surface area contributed by atoms with E-state index in [9.17, 15) is 0 Å². The van der Waals surface area contributed by atoms with E-state index in [2.05, 4.69) is 60.7 Å². The predicted molar refractivity (Wildman–Crippen MR) is 89.2 cm³/mol. The number of anilines is 1. The van der Waals surface area contributed by atoms with Gasteiger partial charge in [0.2, 0.25) is 0 Å². The number of nitrogen functional groups attached to an aromatic ring is 1. The van der Waals surface area contributed by atoms with Gasteiger partial charge in [-0.05, 0) is 29.3 Å². The van der Waals surface area contributed by atoms with Gasteiger partial charge in [-0.3, -0.25) is 0 Å². The van der Waals surface area contributed by atoms with Gasteiger partial charge in [0, 0.05) is 25.9 Å². The molecule has 0 aliphatic carbocycles. The van der Waals surface area contributed by atoms with E-state index in [0.29, 0.717) is 0 Å². The van der Waals surface area contributed by atoms with Crippen molar-refractivity contribution >= 4 is 37.2 Å². The summed E-state index contributed by atoms with van der Waals surface area (Å²) in [4.78, 5) is 0. The molecule has 1 aromatic heterocycles. The second kappa shape index (κ2) is 4.36. The zero-order valence-corrected chi connectivity index (χ0v) is 11.7. The summed E-state index contributed by atoms with van der Waals surface area (Å²) >= 11 is 1.80. The number of hydrogen-bond donors (Lipinski definition) is 1. The lowest BCUT2D eigenvalue weighted by molar-refractivity contribution is 1.67. The Kier molecular flexibility index (Phi) is 2.51. The van der Waals surface area contributed by atoms with E-state index in [1.54, 1.807) is 11.3 Å². The molecule has 0 spiro atoms. The van der Waals surface area contributed by atoms with E-state index in [4.69, 9.17) is 5.73 Å². The molecular weight excluding hydrogens is 262 g/mol. The first-order chi connectivity index (χ1) is 9.83. The molecule has 4 rings (SSSR count). The fourth-order valence-corrected chi connectivity index (χ4v) is 3.88. The third-order valence-corrected chi connectivity index (χ3v) is 4.72. The van der Waals surface area contributed by atoms with Crippen LogP contribution < -0.4 is 5.73 Å². The molecule has 3 aromatic carbocycles. The summed E-state index contributed by atoms with van der Waals surface area (Å²) in [5.74, 6) is 0. The summed E-state index contributed by atoms with van der Waals surface area (Å²) < 4.78 is 2.57. The Bertz CT molecular complexity index is 907. The Morgan fingerprint density at radius 3 is 2.45 bits per heavy atom. The van der Waals surface area contributed by atoms with Crippen LogP contribution in [0.15, 0.2) is 66.7 Å². The molecule has 0 aliphatic heterocycles. The number of thiophene rings is 1. The molecule has 96 valence electrons. The maximum atomic E-state index is 5.90.